The van der Waals surface area contributed by atoms with Crippen molar-refractivity contribution >= 4 is 21.5 Å². The Morgan fingerprint density at radius 3 is 1.50 bits per heavy atom. The second-order valence-electron chi connectivity index (χ2n) is 4.40. The van der Waals surface area contributed by atoms with Gasteiger partial charge in [0, 0.05) is 0 Å². The predicted molar refractivity (Wildman–Crippen MR) is 82.3 cm³/mol. The second-order valence-corrected chi connectivity index (χ2v) is 4.40. The van der Waals surface area contributed by atoms with E-state index >= 15 is 0 Å². The molecule has 0 aromatic heterocycles. The number of rotatable bonds is 0. The summed E-state index contributed by atoms with van der Waals surface area (Å²) >= 11 is 0. The maximum atomic E-state index is 2.89. The molecular formula is C19H14Zr. The summed E-state index contributed by atoms with van der Waals surface area (Å²) in [5.41, 5.74) is 0. The van der Waals surface area contributed by atoms with E-state index in [4.69, 9.17) is 0 Å². The molecule has 0 saturated heterocycles. The molecule has 0 aliphatic carbocycles. The predicted octanol–water partition coefficient (Wildman–Crippen LogP) is 5.20. The molecule has 0 radical (unpaired) electrons. The van der Waals surface area contributed by atoms with Crippen LogP contribution in [0.2, 0.25) is 0 Å². The molecule has 20 heavy (non-hydrogen) atoms. The molecule has 0 amide bonds. The fourth-order valence-corrected chi connectivity index (χ4v) is 2.25. The Morgan fingerprint density at radius 2 is 1.10 bits per heavy atom. The Bertz CT molecular complexity index is 692. The van der Waals surface area contributed by atoms with Crippen LogP contribution >= 0.6 is 0 Å². The van der Waals surface area contributed by atoms with E-state index in [0.29, 0.717) is 0 Å². The van der Waals surface area contributed by atoms with Gasteiger partial charge >= 0.3 is 26.2 Å². The zero-order valence-electron chi connectivity index (χ0n) is 11.1. The standard InChI is InChI=1S/C13H9.C6H5.Zr/c1-3-7-12-10(5-1)9-11-6-2-4-8-13(11)12;1-2-4-6-5-3-1;/h1-9H;1-5H;/q2*-1;+2. The summed E-state index contributed by atoms with van der Waals surface area (Å²) in [4.78, 5) is 0. The Labute approximate surface area is 138 Å². The van der Waals surface area contributed by atoms with Gasteiger partial charge in [-0.2, -0.15) is 36.4 Å². The Balaban J connectivity index is 0.000000180. The van der Waals surface area contributed by atoms with Crippen molar-refractivity contribution in [2.75, 3.05) is 0 Å². The summed E-state index contributed by atoms with van der Waals surface area (Å²) in [6, 6.07) is 31.8. The molecule has 0 fully saturated rings. The molecule has 4 aromatic rings. The van der Waals surface area contributed by atoms with Crippen molar-refractivity contribution in [2.24, 2.45) is 0 Å². The first-order valence-electron chi connectivity index (χ1n) is 6.39. The van der Waals surface area contributed by atoms with Gasteiger partial charge in [0.2, 0.25) is 0 Å². The maximum Gasteiger partial charge on any atom is 2.00 e. The van der Waals surface area contributed by atoms with Gasteiger partial charge < -0.3 is 0 Å². The average molecular weight is 334 g/mol. The first kappa shape index (κ1) is 14.8. The van der Waals surface area contributed by atoms with Gasteiger partial charge in [0.05, 0.1) is 0 Å². The smallest absolute Gasteiger partial charge is 0.184 e. The van der Waals surface area contributed by atoms with Crippen LogP contribution in [0, 0.1) is 6.07 Å². The molecule has 0 nitrogen and oxygen atoms in total. The van der Waals surface area contributed by atoms with E-state index in [9.17, 15) is 0 Å². The summed E-state index contributed by atoms with van der Waals surface area (Å²) in [5.74, 6) is 0. The maximum absolute atomic E-state index is 2.89. The topological polar surface area (TPSA) is 0 Å². The third-order valence-corrected chi connectivity index (χ3v) is 3.13. The van der Waals surface area contributed by atoms with Crippen molar-refractivity contribution in [3.63, 3.8) is 0 Å². The molecule has 0 atom stereocenters. The largest absolute Gasteiger partial charge is 2.00 e. The zero-order chi connectivity index (χ0) is 12.9. The van der Waals surface area contributed by atoms with Crippen molar-refractivity contribution in [1.82, 2.24) is 0 Å². The van der Waals surface area contributed by atoms with Gasteiger partial charge in [0.1, 0.15) is 0 Å². The monoisotopic (exact) mass is 332 g/mol. The van der Waals surface area contributed by atoms with Crippen molar-refractivity contribution in [2.45, 2.75) is 0 Å². The normalized spacial score (nSPS) is 9.60. The molecular weight excluding hydrogens is 319 g/mol. The summed E-state index contributed by atoms with van der Waals surface area (Å²) in [5, 5.41) is 5.39. The SMILES string of the molecule is [Zr+2].[c-]1ccccc1.c1ccc2c(c1)[cH-]c1ccccc12. The van der Waals surface area contributed by atoms with E-state index in [1.54, 1.807) is 0 Å². The van der Waals surface area contributed by atoms with Crippen LogP contribution in [0.25, 0.3) is 21.5 Å². The fraction of sp³-hybridized carbons (Fsp3) is 0. The fourth-order valence-electron chi connectivity index (χ4n) is 2.25. The van der Waals surface area contributed by atoms with Gasteiger partial charge in [-0.05, 0) is 0 Å². The van der Waals surface area contributed by atoms with Crippen LogP contribution in [0.5, 0.6) is 0 Å². The van der Waals surface area contributed by atoms with E-state index < -0.39 is 0 Å². The average Bonchev–Trinajstić information content (AvgIpc) is 2.88. The Kier molecular flexibility index (Phi) is 5.38. The van der Waals surface area contributed by atoms with Crippen LogP contribution in [0.15, 0.2) is 84.9 Å². The van der Waals surface area contributed by atoms with E-state index in [0.717, 1.165) is 0 Å². The minimum atomic E-state index is 0. The summed E-state index contributed by atoms with van der Waals surface area (Å²) in [6.45, 7) is 0. The third-order valence-electron chi connectivity index (χ3n) is 3.13. The van der Waals surface area contributed by atoms with E-state index in [1.165, 1.54) is 21.5 Å². The summed E-state index contributed by atoms with van der Waals surface area (Å²) in [7, 11) is 0. The molecule has 4 aromatic carbocycles. The first-order valence-corrected chi connectivity index (χ1v) is 6.39. The molecule has 0 aliphatic heterocycles. The van der Waals surface area contributed by atoms with E-state index in [-0.39, 0.29) is 26.2 Å². The molecule has 4 rings (SSSR count). The molecule has 0 heterocycles. The van der Waals surface area contributed by atoms with Crippen LogP contribution in [-0.2, 0) is 26.2 Å². The number of benzene rings is 3. The third kappa shape index (κ3) is 3.29. The molecule has 0 spiro atoms. The first-order chi connectivity index (χ1) is 9.45. The molecule has 94 valence electrons. The van der Waals surface area contributed by atoms with E-state index in [2.05, 4.69) is 60.7 Å². The van der Waals surface area contributed by atoms with Crippen LogP contribution in [0.1, 0.15) is 0 Å². The molecule has 0 unspecified atom stereocenters. The number of hydrogen-bond donors (Lipinski definition) is 0. The molecule has 1 heteroatoms. The Hall–Kier alpha value is -1.59. The van der Waals surface area contributed by atoms with Crippen molar-refractivity contribution < 1.29 is 26.2 Å². The van der Waals surface area contributed by atoms with Crippen LogP contribution in [0.4, 0.5) is 0 Å². The molecule has 0 bridgehead atoms. The minimum Gasteiger partial charge on any atom is -0.184 e. The molecule has 0 saturated carbocycles. The zero-order valence-corrected chi connectivity index (χ0v) is 13.5. The number of fused-ring (bicyclic) bond motifs is 3. The summed E-state index contributed by atoms with van der Waals surface area (Å²) < 4.78 is 0. The van der Waals surface area contributed by atoms with Crippen LogP contribution in [0.3, 0.4) is 0 Å². The second kappa shape index (κ2) is 7.26. The van der Waals surface area contributed by atoms with Gasteiger partial charge in [-0.3, -0.25) is 0 Å². The molecule has 0 N–H and O–H groups in total. The number of hydrogen-bond acceptors (Lipinski definition) is 0. The Morgan fingerprint density at radius 1 is 0.600 bits per heavy atom. The molecule has 0 aliphatic rings. The minimum absolute atomic E-state index is 0. The van der Waals surface area contributed by atoms with Crippen LogP contribution < -0.4 is 0 Å². The van der Waals surface area contributed by atoms with Crippen LogP contribution in [-0.4, -0.2) is 0 Å². The quantitative estimate of drug-likeness (QED) is 0.388. The van der Waals surface area contributed by atoms with Crippen molar-refractivity contribution in [3.05, 3.63) is 91.0 Å². The van der Waals surface area contributed by atoms with Crippen molar-refractivity contribution in [1.29, 1.82) is 0 Å². The van der Waals surface area contributed by atoms with Gasteiger partial charge in [0.25, 0.3) is 0 Å². The van der Waals surface area contributed by atoms with Crippen molar-refractivity contribution in [3.8, 4) is 0 Å². The van der Waals surface area contributed by atoms with Gasteiger partial charge in [-0.25, -0.2) is 0 Å². The summed E-state index contributed by atoms with van der Waals surface area (Å²) in [6.07, 6.45) is 0. The van der Waals surface area contributed by atoms with Gasteiger partial charge in [-0.15, -0.1) is 39.7 Å². The van der Waals surface area contributed by atoms with E-state index in [1.807, 2.05) is 30.3 Å². The van der Waals surface area contributed by atoms with Gasteiger partial charge in [-0.1, -0.05) is 36.4 Å². The van der Waals surface area contributed by atoms with Gasteiger partial charge in [0.15, 0.2) is 0 Å².